The quantitative estimate of drug-likeness (QED) is 0.279. The highest BCUT2D eigenvalue weighted by Gasteiger charge is 2.13. The van der Waals surface area contributed by atoms with E-state index in [-0.39, 0.29) is 10.0 Å². The first-order chi connectivity index (χ1) is 9.07. The second-order valence-corrected chi connectivity index (χ2v) is 5.96. The van der Waals surface area contributed by atoms with Gasteiger partial charge >= 0.3 is 0 Å². The first-order valence-corrected chi connectivity index (χ1v) is 8.05. The van der Waals surface area contributed by atoms with Gasteiger partial charge in [-0.05, 0) is 6.42 Å². The molecule has 1 rings (SSSR count). The average Bonchev–Trinajstić information content (AvgIpc) is 2.41. The minimum atomic E-state index is 0.244. The topological polar surface area (TPSA) is 9.23 Å². The van der Waals surface area contributed by atoms with E-state index in [9.17, 15) is 0 Å². The summed E-state index contributed by atoms with van der Waals surface area (Å²) in [5, 5.41) is 1.19. The van der Waals surface area contributed by atoms with Gasteiger partial charge in [0.1, 0.15) is 10.8 Å². The van der Waals surface area contributed by atoms with Crippen LogP contribution in [0.1, 0.15) is 45.4 Å². The van der Waals surface area contributed by atoms with Gasteiger partial charge in [0.15, 0.2) is 0 Å². The fraction of sp³-hybridized carbons (Fsp3) is 0.571. The number of hydrogen-bond donors (Lipinski definition) is 0. The molecule has 1 nitrogen and oxygen atoms in total. The molecule has 0 amide bonds. The van der Waals surface area contributed by atoms with Gasteiger partial charge in [0.25, 0.3) is 0 Å². The Morgan fingerprint density at radius 2 is 1.47 bits per heavy atom. The maximum atomic E-state index is 6.05. The molecule has 0 radical (unpaired) electrons. The smallest absolute Gasteiger partial charge is 0.141 e. The van der Waals surface area contributed by atoms with Crippen LogP contribution in [0.4, 0.5) is 0 Å². The fourth-order valence-corrected chi connectivity index (χ4v) is 2.56. The molecule has 108 valence electrons. The van der Waals surface area contributed by atoms with Crippen LogP contribution < -0.4 is 4.74 Å². The van der Waals surface area contributed by atoms with Crippen molar-refractivity contribution in [3.8, 4) is 5.75 Å². The Bertz CT molecular complexity index is 407. The van der Waals surface area contributed by atoms with Crippen LogP contribution in [-0.4, -0.2) is 6.61 Å². The molecule has 0 bridgehead atoms. The van der Waals surface area contributed by atoms with Crippen molar-refractivity contribution in [2.24, 2.45) is 0 Å². The molecule has 5 heteroatoms. The van der Waals surface area contributed by atoms with E-state index in [0.717, 1.165) is 12.8 Å². The molecular formula is C14H18Cl4O. The zero-order valence-electron chi connectivity index (χ0n) is 10.9. The molecule has 0 fully saturated rings. The normalized spacial score (nSPS) is 10.8. The fourth-order valence-electron chi connectivity index (χ4n) is 1.72. The largest absolute Gasteiger partial charge is 0.492 e. The van der Waals surface area contributed by atoms with E-state index >= 15 is 0 Å². The zero-order valence-corrected chi connectivity index (χ0v) is 14.0. The summed E-state index contributed by atoms with van der Waals surface area (Å²) in [6, 6.07) is 1.61. The predicted molar refractivity (Wildman–Crippen MR) is 85.4 cm³/mol. The van der Waals surface area contributed by atoms with E-state index in [1.54, 1.807) is 6.07 Å². The summed E-state index contributed by atoms with van der Waals surface area (Å²) in [6.07, 6.45) is 7.25. The van der Waals surface area contributed by atoms with E-state index in [4.69, 9.17) is 51.1 Å². The van der Waals surface area contributed by atoms with Gasteiger partial charge in [-0.3, -0.25) is 0 Å². The molecule has 0 spiro atoms. The van der Waals surface area contributed by atoms with E-state index in [2.05, 4.69) is 6.92 Å². The van der Waals surface area contributed by atoms with Gasteiger partial charge in [-0.15, -0.1) is 0 Å². The van der Waals surface area contributed by atoms with Gasteiger partial charge in [0.05, 0.1) is 21.7 Å². The summed E-state index contributed by atoms with van der Waals surface area (Å²) < 4.78 is 5.60. The van der Waals surface area contributed by atoms with Crippen LogP contribution in [0.2, 0.25) is 20.1 Å². The third-order valence-electron chi connectivity index (χ3n) is 2.82. The number of ether oxygens (including phenoxy) is 1. The molecule has 1 aromatic rings. The summed E-state index contributed by atoms with van der Waals surface area (Å²) in [5.74, 6) is 0.495. The number of rotatable bonds is 8. The van der Waals surface area contributed by atoms with Crippen molar-refractivity contribution in [2.75, 3.05) is 6.61 Å². The van der Waals surface area contributed by atoms with Crippen LogP contribution in [0.3, 0.4) is 0 Å². The second kappa shape index (κ2) is 9.18. The lowest BCUT2D eigenvalue weighted by Gasteiger charge is -2.11. The standard InChI is InChI=1S/C14H18Cl4O/c1-2-3-4-5-6-7-8-19-11-9-10(15)12(16)14(18)13(11)17/h9H,2-8H2,1H3. The molecule has 0 aliphatic rings. The highest BCUT2D eigenvalue weighted by molar-refractivity contribution is 6.52. The molecule has 0 unspecified atom stereocenters. The van der Waals surface area contributed by atoms with Gasteiger partial charge in [-0.2, -0.15) is 0 Å². The Hall–Kier alpha value is 0.180. The predicted octanol–water partition coefficient (Wildman–Crippen LogP) is 7.04. The monoisotopic (exact) mass is 342 g/mol. The summed E-state index contributed by atoms with van der Waals surface area (Å²) in [6.45, 7) is 2.82. The van der Waals surface area contributed by atoms with Crippen molar-refractivity contribution >= 4 is 46.4 Å². The average molecular weight is 344 g/mol. The van der Waals surface area contributed by atoms with Crippen LogP contribution in [-0.2, 0) is 0 Å². The molecule has 0 saturated carbocycles. The van der Waals surface area contributed by atoms with Crippen LogP contribution in [0.25, 0.3) is 0 Å². The third-order valence-corrected chi connectivity index (χ3v) is 4.56. The van der Waals surface area contributed by atoms with Crippen molar-refractivity contribution < 1.29 is 4.74 Å². The molecule has 19 heavy (non-hydrogen) atoms. The van der Waals surface area contributed by atoms with E-state index in [1.165, 1.54) is 25.7 Å². The lowest BCUT2D eigenvalue weighted by atomic mass is 10.1. The van der Waals surface area contributed by atoms with Crippen molar-refractivity contribution in [3.05, 3.63) is 26.2 Å². The summed E-state index contributed by atoms with van der Waals surface area (Å²) in [4.78, 5) is 0. The van der Waals surface area contributed by atoms with Crippen molar-refractivity contribution in [1.82, 2.24) is 0 Å². The maximum Gasteiger partial charge on any atom is 0.141 e. The first kappa shape index (κ1) is 17.2. The summed E-state index contributed by atoms with van der Waals surface area (Å²) in [7, 11) is 0. The third kappa shape index (κ3) is 5.59. The van der Waals surface area contributed by atoms with Gasteiger partial charge in [-0.1, -0.05) is 85.4 Å². The molecule has 0 heterocycles. The first-order valence-electron chi connectivity index (χ1n) is 6.53. The highest BCUT2D eigenvalue weighted by atomic mass is 35.5. The Labute approximate surface area is 135 Å². The SMILES string of the molecule is CCCCCCCCOc1cc(Cl)c(Cl)c(Cl)c1Cl. The number of hydrogen-bond acceptors (Lipinski definition) is 1. The molecule has 0 aliphatic heterocycles. The van der Waals surface area contributed by atoms with Crippen molar-refractivity contribution in [2.45, 2.75) is 45.4 Å². The van der Waals surface area contributed by atoms with Crippen LogP contribution in [0.5, 0.6) is 5.75 Å². The van der Waals surface area contributed by atoms with Gasteiger partial charge in [0.2, 0.25) is 0 Å². The molecule has 0 aliphatic carbocycles. The Kier molecular flexibility index (Phi) is 8.32. The van der Waals surface area contributed by atoms with Gasteiger partial charge < -0.3 is 4.74 Å². The Morgan fingerprint density at radius 1 is 0.842 bits per heavy atom. The van der Waals surface area contributed by atoms with E-state index in [0.29, 0.717) is 22.4 Å². The molecule has 0 saturated heterocycles. The van der Waals surface area contributed by atoms with Crippen LogP contribution >= 0.6 is 46.4 Å². The number of unbranched alkanes of at least 4 members (excludes halogenated alkanes) is 5. The summed E-state index contributed by atoms with van der Waals surface area (Å²) in [5.41, 5.74) is 0. The number of benzene rings is 1. The van der Waals surface area contributed by atoms with Crippen LogP contribution in [0, 0.1) is 0 Å². The molecule has 1 aromatic carbocycles. The van der Waals surface area contributed by atoms with Crippen molar-refractivity contribution in [1.29, 1.82) is 0 Å². The minimum Gasteiger partial charge on any atom is -0.492 e. The Morgan fingerprint density at radius 3 is 2.16 bits per heavy atom. The molecular weight excluding hydrogens is 326 g/mol. The number of halogens is 4. The van der Waals surface area contributed by atoms with Crippen LogP contribution in [0.15, 0.2) is 6.07 Å². The minimum absolute atomic E-state index is 0.244. The molecule has 0 atom stereocenters. The molecule has 0 N–H and O–H groups in total. The zero-order chi connectivity index (χ0) is 14.3. The highest BCUT2D eigenvalue weighted by Crippen LogP contribution is 2.41. The second-order valence-electron chi connectivity index (χ2n) is 4.41. The lowest BCUT2D eigenvalue weighted by Crippen LogP contribution is -1.98. The maximum absolute atomic E-state index is 6.05. The van der Waals surface area contributed by atoms with Gasteiger partial charge in [0, 0.05) is 6.07 Å². The van der Waals surface area contributed by atoms with Crippen molar-refractivity contribution in [3.63, 3.8) is 0 Å². The van der Waals surface area contributed by atoms with E-state index in [1.807, 2.05) is 0 Å². The lowest BCUT2D eigenvalue weighted by molar-refractivity contribution is 0.304. The van der Waals surface area contributed by atoms with E-state index < -0.39 is 0 Å². The Balaban J connectivity index is 2.38. The molecule has 0 aromatic heterocycles. The summed E-state index contributed by atoms with van der Waals surface area (Å²) >= 11 is 23.8. The van der Waals surface area contributed by atoms with Gasteiger partial charge in [-0.25, -0.2) is 0 Å².